The lowest BCUT2D eigenvalue weighted by Gasteiger charge is -2.10. The van der Waals surface area contributed by atoms with Gasteiger partial charge in [0.25, 0.3) is 0 Å². The van der Waals surface area contributed by atoms with Gasteiger partial charge in [-0.2, -0.15) is 0 Å². The molecule has 0 spiro atoms. The number of amides is 1. The number of hydrogen-bond donors (Lipinski definition) is 2. The van der Waals surface area contributed by atoms with Gasteiger partial charge in [0, 0.05) is 5.02 Å². The Morgan fingerprint density at radius 3 is 2.50 bits per heavy atom. The summed E-state index contributed by atoms with van der Waals surface area (Å²) in [5.74, 6) is -0.137. The minimum Gasteiger partial charge on any atom is -0.459 e. The maximum absolute atomic E-state index is 11.6. The van der Waals surface area contributed by atoms with Crippen LogP contribution in [-0.4, -0.2) is 5.91 Å². The Hall–Kier alpha value is -2.20. The van der Waals surface area contributed by atoms with Crippen molar-refractivity contribution in [2.75, 3.05) is 0 Å². The second-order valence-corrected chi connectivity index (χ2v) is 3.98. The lowest BCUT2D eigenvalue weighted by Crippen LogP contribution is -2.35. The molecule has 0 aliphatic rings. The molecular formula is C13H11ClN2O2. The number of hydrazine groups is 1. The van der Waals surface area contributed by atoms with Crippen LogP contribution in [0.15, 0.2) is 53.7 Å². The van der Waals surface area contributed by atoms with Crippen molar-refractivity contribution < 1.29 is 9.21 Å². The van der Waals surface area contributed by atoms with Gasteiger partial charge in [0.1, 0.15) is 0 Å². The van der Waals surface area contributed by atoms with Crippen LogP contribution in [0, 0.1) is 0 Å². The standard InChI is InChI=1S/C13H11ClN2O2/c1-9(10-4-6-11(14)7-5-10)15-16-13(17)12-3-2-8-18-12/h2-8,15H,1H2,(H,16,17). The third kappa shape index (κ3) is 2.93. The van der Waals surface area contributed by atoms with Crippen LogP contribution in [0.5, 0.6) is 0 Å². The molecule has 0 atom stereocenters. The zero-order valence-electron chi connectivity index (χ0n) is 9.44. The van der Waals surface area contributed by atoms with Crippen molar-refractivity contribution in [2.45, 2.75) is 0 Å². The van der Waals surface area contributed by atoms with E-state index in [0.717, 1.165) is 5.56 Å². The Labute approximate surface area is 109 Å². The molecule has 0 fully saturated rings. The molecule has 1 aromatic heterocycles. The third-order valence-corrected chi connectivity index (χ3v) is 2.52. The molecule has 18 heavy (non-hydrogen) atoms. The molecule has 2 aromatic rings. The van der Waals surface area contributed by atoms with Crippen LogP contribution in [-0.2, 0) is 0 Å². The number of rotatable bonds is 4. The van der Waals surface area contributed by atoms with Crippen LogP contribution in [0.1, 0.15) is 16.1 Å². The molecule has 4 nitrogen and oxygen atoms in total. The highest BCUT2D eigenvalue weighted by Crippen LogP contribution is 2.13. The second kappa shape index (κ2) is 5.42. The summed E-state index contributed by atoms with van der Waals surface area (Å²) < 4.78 is 4.95. The van der Waals surface area contributed by atoms with Gasteiger partial charge < -0.3 is 4.42 Å². The minimum absolute atomic E-state index is 0.228. The number of halogens is 1. The van der Waals surface area contributed by atoms with Crippen molar-refractivity contribution in [2.24, 2.45) is 0 Å². The lowest BCUT2D eigenvalue weighted by molar-refractivity contribution is 0.0914. The fourth-order valence-electron chi connectivity index (χ4n) is 1.32. The first-order chi connectivity index (χ1) is 8.66. The first kappa shape index (κ1) is 12.3. The summed E-state index contributed by atoms with van der Waals surface area (Å²) in [6, 6.07) is 10.3. The fourth-order valence-corrected chi connectivity index (χ4v) is 1.45. The van der Waals surface area contributed by atoms with E-state index in [-0.39, 0.29) is 11.7 Å². The highest BCUT2D eigenvalue weighted by molar-refractivity contribution is 6.30. The van der Waals surface area contributed by atoms with Gasteiger partial charge in [-0.1, -0.05) is 30.3 Å². The summed E-state index contributed by atoms with van der Waals surface area (Å²) >= 11 is 5.78. The average Bonchev–Trinajstić information content (AvgIpc) is 2.90. The predicted molar refractivity (Wildman–Crippen MR) is 69.8 cm³/mol. The molecule has 92 valence electrons. The number of hydrogen-bond acceptors (Lipinski definition) is 3. The van der Waals surface area contributed by atoms with Gasteiger partial charge in [0.2, 0.25) is 0 Å². The number of benzene rings is 1. The van der Waals surface area contributed by atoms with Crippen LogP contribution >= 0.6 is 11.6 Å². The van der Waals surface area contributed by atoms with Crippen molar-refractivity contribution in [3.8, 4) is 0 Å². The Balaban J connectivity index is 1.92. The molecule has 1 amide bonds. The van der Waals surface area contributed by atoms with Crippen molar-refractivity contribution in [1.82, 2.24) is 10.9 Å². The molecule has 0 unspecified atom stereocenters. The largest absolute Gasteiger partial charge is 0.459 e. The van der Waals surface area contributed by atoms with E-state index in [9.17, 15) is 4.79 Å². The molecule has 0 bridgehead atoms. The molecule has 0 aliphatic heterocycles. The lowest BCUT2D eigenvalue weighted by atomic mass is 10.2. The van der Waals surface area contributed by atoms with E-state index >= 15 is 0 Å². The van der Waals surface area contributed by atoms with Crippen molar-refractivity contribution in [3.05, 3.63) is 65.6 Å². The molecular weight excluding hydrogens is 252 g/mol. The maximum Gasteiger partial charge on any atom is 0.305 e. The predicted octanol–water partition coefficient (Wildman–Crippen LogP) is 2.84. The Bertz CT molecular complexity index is 547. The number of nitrogens with one attached hydrogen (secondary N) is 2. The highest BCUT2D eigenvalue weighted by atomic mass is 35.5. The average molecular weight is 263 g/mol. The zero-order valence-corrected chi connectivity index (χ0v) is 10.2. The Kier molecular flexibility index (Phi) is 3.69. The SMILES string of the molecule is C=C(NNC(=O)c1ccco1)c1ccc(Cl)cc1. The molecule has 2 rings (SSSR count). The fraction of sp³-hybridized carbons (Fsp3) is 0. The van der Waals surface area contributed by atoms with Crippen LogP contribution in [0.3, 0.4) is 0 Å². The number of furan rings is 1. The molecule has 1 heterocycles. The monoisotopic (exact) mass is 262 g/mol. The first-order valence-corrected chi connectivity index (χ1v) is 5.59. The summed E-state index contributed by atoms with van der Waals surface area (Å²) in [5, 5.41) is 0.645. The Morgan fingerprint density at radius 2 is 1.89 bits per heavy atom. The number of carbonyl (C=O) groups excluding carboxylic acids is 1. The van der Waals surface area contributed by atoms with Gasteiger partial charge in [-0.05, 0) is 29.8 Å². The smallest absolute Gasteiger partial charge is 0.305 e. The summed E-state index contributed by atoms with van der Waals surface area (Å²) in [5.41, 5.74) is 6.59. The van der Waals surface area contributed by atoms with Crippen LogP contribution < -0.4 is 10.9 Å². The maximum atomic E-state index is 11.6. The van der Waals surface area contributed by atoms with Crippen molar-refractivity contribution >= 4 is 23.2 Å². The topological polar surface area (TPSA) is 54.3 Å². The zero-order chi connectivity index (χ0) is 13.0. The van der Waals surface area contributed by atoms with Gasteiger partial charge >= 0.3 is 5.91 Å². The summed E-state index contributed by atoms with van der Waals surface area (Å²) in [4.78, 5) is 11.6. The van der Waals surface area contributed by atoms with E-state index in [4.69, 9.17) is 16.0 Å². The van der Waals surface area contributed by atoms with Gasteiger partial charge in [-0.25, -0.2) is 0 Å². The summed E-state index contributed by atoms with van der Waals surface area (Å²) in [7, 11) is 0. The molecule has 2 N–H and O–H groups in total. The van der Waals surface area contributed by atoms with Gasteiger partial charge in [-0.15, -0.1) is 0 Å². The van der Waals surface area contributed by atoms with E-state index in [2.05, 4.69) is 17.4 Å². The van der Waals surface area contributed by atoms with E-state index in [0.29, 0.717) is 10.7 Å². The quantitative estimate of drug-likeness (QED) is 0.833. The van der Waals surface area contributed by atoms with Gasteiger partial charge in [0.15, 0.2) is 5.76 Å². The van der Waals surface area contributed by atoms with E-state index in [1.165, 1.54) is 6.26 Å². The van der Waals surface area contributed by atoms with E-state index in [1.807, 2.05) is 0 Å². The van der Waals surface area contributed by atoms with E-state index in [1.54, 1.807) is 36.4 Å². The normalized spacial score (nSPS) is 9.83. The first-order valence-electron chi connectivity index (χ1n) is 5.21. The number of carbonyl (C=O) groups is 1. The summed E-state index contributed by atoms with van der Waals surface area (Å²) in [6.07, 6.45) is 1.43. The van der Waals surface area contributed by atoms with Crippen LogP contribution in [0.4, 0.5) is 0 Å². The second-order valence-electron chi connectivity index (χ2n) is 3.54. The minimum atomic E-state index is -0.366. The van der Waals surface area contributed by atoms with Crippen LogP contribution in [0.25, 0.3) is 5.70 Å². The van der Waals surface area contributed by atoms with E-state index < -0.39 is 0 Å². The van der Waals surface area contributed by atoms with Gasteiger partial charge in [0.05, 0.1) is 12.0 Å². The Morgan fingerprint density at radius 1 is 1.17 bits per heavy atom. The van der Waals surface area contributed by atoms with Crippen LogP contribution in [0.2, 0.25) is 5.02 Å². The van der Waals surface area contributed by atoms with Crippen molar-refractivity contribution in [1.29, 1.82) is 0 Å². The summed E-state index contributed by atoms with van der Waals surface area (Å²) in [6.45, 7) is 3.81. The molecule has 5 heteroatoms. The highest BCUT2D eigenvalue weighted by Gasteiger charge is 2.07. The molecule has 0 saturated heterocycles. The molecule has 0 radical (unpaired) electrons. The third-order valence-electron chi connectivity index (χ3n) is 2.26. The molecule has 0 saturated carbocycles. The molecule has 0 aliphatic carbocycles. The van der Waals surface area contributed by atoms with Gasteiger partial charge in [-0.3, -0.25) is 15.6 Å². The van der Waals surface area contributed by atoms with Crippen molar-refractivity contribution in [3.63, 3.8) is 0 Å². The molecule has 1 aromatic carbocycles.